The summed E-state index contributed by atoms with van der Waals surface area (Å²) in [6.07, 6.45) is -18.1. The molecule has 0 aliphatic carbocycles. The van der Waals surface area contributed by atoms with Crippen molar-refractivity contribution in [1.29, 1.82) is 0 Å². The Morgan fingerprint density at radius 3 is 0.806 bits per heavy atom. The largest absolute Gasteiger partial charge is 1.00 e. The minimum atomic E-state index is -8.10. The number of halogens is 28. The van der Waals surface area contributed by atoms with Gasteiger partial charge >= 0.3 is 71.6 Å². The summed E-state index contributed by atoms with van der Waals surface area (Å²) >= 11 is 0. The fraction of sp³-hybridized carbons (Fsp3) is 0.857. The van der Waals surface area contributed by atoms with Crippen molar-refractivity contribution in [3.05, 3.63) is 12.2 Å². The van der Waals surface area contributed by atoms with Crippen molar-refractivity contribution in [2.24, 2.45) is 0 Å². The highest BCUT2D eigenvalue weighted by atomic mass is 79.9. The van der Waals surface area contributed by atoms with Gasteiger partial charge in [0.1, 0.15) is 0 Å². The number of hydrogen-bond donors (Lipinski definition) is 2. The van der Waals surface area contributed by atoms with Gasteiger partial charge in [0.15, 0.2) is 13.1 Å². The molecule has 34 heteroatoms. The van der Waals surface area contributed by atoms with Crippen LogP contribution in [0.15, 0.2) is 12.2 Å². The molecule has 0 spiro atoms. The van der Waals surface area contributed by atoms with E-state index in [4.69, 9.17) is 0 Å². The normalized spacial score (nSPS) is 15.3. The van der Waals surface area contributed by atoms with E-state index in [9.17, 15) is 124 Å². The second-order valence-electron chi connectivity index (χ2n) is 14.2. The van der Waals surface area contributed by atoms with Crippen LogP contribution in [-0.2, 0) is 9.59 Å². The fourth-order valence-electron chi connectivity index (χ4n) is 4.37. The lowest BCUT2D eigenvalue weighted by Gasteiger charge is -2.39. The molecule has 0 heterocycles. The first-order chi connectivity index (χ1) is 25.9. The molecule has 0 aromatic rings. The van der Waals surface area contributed by atoms with Gasteiger partial charge in [0, 0.05) is 25.9 Å². The Bertz CT molecular complexity index is 1420. The number of hydrogen-bond acceptors (Lipinski definition) is 2. The van der Waals surface area contributed by atoms with Gasteiger partial charge < -0.3 is 53.6 Å². The molecule has 0 aliphatic rings. The first kappa shape index (κ1) is 64.0. The molecule has 0 aromatic heterocycles. The van der Waals surface area contributed by atoms with Crippen LogP contribution in [0.25, 0.3) is 0 Å². The molecule has 0 saturated heterocycles. The van der Waals surface area contributed by atoms with Gasteiger partial charge in [-0.2, -0.15) is 114 Å². The molecule has 62 heavy (non-hydrogen) atoms. The summed E-state index contributed by atoms with van der Waals surface area (Å²) in [7, 11) is 4.84. The maximum Gasteiger partial charge on any atom is 0.460 e. The lowest BCUT2D eigenvalue weighted by Crippen LogP contribution is -3.00. The van der Waals surface area contributed by atoms with E-state index in [1.807, 2.05) is 0 Å². The monoisotopic (exact) mass is 1110 g/mol. The number of nitrogens with zero attached hydrogens (tertiary/aromatic N) is 2. The Labute approximate surface area is 353 Å². The van der Waals surface area contributed by atoms with Crippen molar-refractivity contribution in [2.75, 3.05) is 67.5 Å². The molecule has 2 amide bonds. The highest BCUT2D eigenvalue weighted by molar-refractivity contribution is 5.77. The predicted molar refractivity (Wildman–Crippen MR) is 150 cm³/mol. The average molecular weight is 1110 g/mol. The summed E-state index contributed by atoms with van der Waals surface area (Å²) in [6.45, 7) is -5.60. The molecule has 0 aromatic carbocycles. The minimum Gasteiger partial charge on any atom is -1.00 e. The highest BCUT2D eigenvalue weighted by Gasteiger charge is 2.92. The summed E-state index contributed by atoms with van der Waals surface area (Å²) in [4.78, 5) is 24.2. The second-order valence-corrected chi connectivity index (χ2v) is 14.2. The van der Waals surface area contributed by atoms with Gasteiger partial charge in [0.05, 0.1) is 41.3 Å². The molecular formula is C28H32Br2F26N4O2. The van der Waals surface area contributed by atoms with E-state index >= 15 is 0 Å². The molecule has 0 bridgehead atoms. The molecule has 6 nitrogen and oxygen atoms in total. The standard InChI is InChI=1S/C28H30F26N4O2.2BrH/c1-57(2,13-15(59)55-9-7-17(29,30)19(33,34)21(37,38)23(41,42)25(45,46)27(49,50)51)11-5-6-12-58(3,4)14-16(60)56-10-8-18(31,32)20(35,36)22(39,40)24(43,44)26(47,48)28(52,53)54;;/h5-6H,7-14H2,1-4H3;2*1H/b6-5+;;. The number of amides is 2. The SMILES string of the molecule is C[N+](C)(C/C=C/C[N+](C)(C)CC(=O)NCCC(F)(F)C(F)(F)C(F)(F)C(F)(F)C(F)(F)C(F)(F)F)CC(=O)NCCC(F)(F)C(F)(F)C(F)(F)C(F)(F)C(F)(F)C(F)(F)F.[Br-].[Br-]. The van der Waals surface area contributed by atoms with Crippen LogP contribution >= 0.6 is 0 Å². The number of rotatable bonds is 22. The predicted octanol–water partition coefficient (Wildman–Crippen LogP) is 2.19. The molecule has 2 N–H and O–H groups in total. The molecule has 0 radical (unpaired) electrons. The van der Waals surface area contributed by atoms with E-state index in [1.165, 1.54) is 51.0 Å². The zero-order valence-electron chi connectivity index (χ0n) is 31.1. The number of carbonyl (C=O) groups excluding carboxylic acids is 2. The molecule has 0 aliphatic heterocycles. The Balaban J connectivity index is -0.0000174. The zero-order valence-corrected chi connectivity index (χ0v) is 34.3. The first-order valence-electron chi connectivity index (χ1n) is 15.6. The Morgan fingerprint density at radius 1 is 0.387 bits per heavy atom. The van der Waals surface area contributed by atoms with Crippen molar-refractivity contribution in [3.8, 4) is 0 Å². The summed E-state index contributed by atoms with van der Waals surface area (Å²) in [5.41, 5.74) is 0. The Morgan fingerprint density at radius 2 is 0.597 bits per heavy atom. The highest BCUT2D eigenvalue weighted by Crippen LogP contribution is 2.62. The van der Waals surface area contributed by atoms with Gasteiger partial charge in [-0.15, -0.1) is 0 Å². The van der Waals surface area contributed by atoms with Crippen molar-refractivity contribution < 1.29 is 167 Å². The number of likely N-dealkylation sites (N-methyl/N-ethyl adjacent to an activating group) is 2. The maximum absolute atomic E-state index is 13.9. The number of quaternary nitrogens is 2. The van der Waals surface area contributed by atoms with E-state index in [2.05, 4.69) is 0 Å². The van der Waals surface area contributed by atoms with Crippen molar-refractivity contribution >= 4 is 11.8 Å². The molecule has 0 saturated carbocycles. The molecule has 0 rings (SSSR count). The summed E-state index contributed by atoms with van der Waals surface area (Å²) < 4.78 is 343. The van der Waals surface area contributed by atoms with Crippen LogP contribution < -0.4 is 44.6 Å². The van der Waals surface area contributed by atoms with Crippen LogP contribution in [0.5, 0.6) is 0 Å². The molecule has 372 valence electrons. The third kappa shape index (κ3) is 12.8. The van der Waals surface area contributed by atoms with Crippen molar-refractivity contribution in [1.82, 2.24) is 10.6 Å². The maximum atomic E-state index is 13.9. The quantitative estimate of drug-likeness (QED) is 0.0995. The van der Waals surface area contributed by atoms with E-state index in [0.29, 0.717) is 0 Å². The van der Waals surface area contributed by atoms with Crippen LogP contribution in [0.2, 0.25) is 0 Å². The number of carbonyl (C=O) groups is 2. The van der Waals surface area contributed by atoms with Crippen molar-refractivity contribution in [2.45, 2.75) is 84.4 Å². The topological polar surface area (TPSA) is 58.2 Å². The van der Waals surface area contributed by atoms with E-state index in [0.717, 1.165) is 0 Å². The number of alkyl halides is 26. The van der Waals surface area contributed by atoms with E-state index < -0.39 is 131 Å². The summed E-state index contributed by atoms with van der Waals surface area (Å²) in [5.74, 6) is -78.7. The Hall–Kier alpha value is -2.26. The van der Waals surface area contributed by atoms with Crippen molar-refractivity contribution in [3.63, 3.8) is 0 Å². The molecule has 0 fully saturated rings. The smallest absolute Gasteiger partial charge is 0.460 e. The third-order valence-corrected chi connectivity index (χ3v) is 8.03. The lowest BCUT2D eigenvalue weighted by molar-refractivity contribution is -0.878. The van der Waals surface area contributed by atoms with Crippen LogP contribution in [-0.4, -0.2) is 160 Å². The Kier molecular flexibility index (Phi) is 20.3. The lowest BCUT2D eigenvalue weighted by atomic mass is 9.92. The minimum absolute atomic E-state index is 0. The third-order valence-electron chi connectivity index (χ3n) is 8.03. The zero-order chi connectivity index (χ0) is 48.6. The molecular weight excluding hydrogens is 1080 g/mol. The van der Waals surface area contributed by atoms with Crippen LogP contribution in [0.4, 0.5) is 114 Å². The van der Waals surface area contributed by atoms with Gasteiger partial charge in [-0.1, -0.05) is 0 Å². The molecule has 0 atom stereocenters. The molecule has 0 unspecified atom stereocenters. The van der Waals surface area contributed by atoms with Crippen LogP contribution in [0.1, 0.15) is 12.8 Å². The van der Waals surface area contributed by atoms with Gasteiger partial charge in [-0.05, 0) is 12.2 Å². The van der Waals surface area contributed by atoms with Crippen LogP contribution in [0, 0.1) is 0 Å². The van der Waals surface area contributed by atoms with Gasteiger partial charge in [0.2, 0.25) is 0 Å². The van der Waals surface area contributed by atoms with Gasteiger partial charge in [0.25, 0.3) is 11.8 Å². The van der Waals surface area contributed by atoms with Crippen LogP contribution in [0.3, 0.4) is 0 Å². The fourth-order valence-corrected chi connectivity index (χ4v) is 4.37. The number of nitrogens with one attached hydrogen (secondary N) is 2. The summed E-state index contributed by atoms with van der Waals surface area (Å²) in [6, 6.07) is 0. The second kappa shape index (κ2) is 19.7. The van der Waals surface area contributed by atoms with E-state index in [-0.39, 0.29) is 47.1 Å². The van der Waals surface area contributed by atoms with E-state index in [1.54, 1.807) is 0 Å². The summed E-state index contributed by atoms with van der Waals surface area (Å²) in [5, 5.41) is 2.95. The first-order valence-corrected chi connectivity index (χ1v) is 15.6. The average Bonchev–Trinajstić information content (AvgIpc) is 3.00. The van der Waals surface area contributed by atoms with Gasteiger partial charge in [-0.25, -0.2) is 0 Å². The van der Waals surface area contributed by atoms with Gasteiger partial charge in [-0.3, -0.25) is 9.59 Å².